The highest BCUT2D eigenvalue weighted by Gasteiger charge is 2.14. The Labute approximate surface area is 117 Å². The molecule has 0 spiro atoms. The monoisotopic (exact) mass is 329 g/mol. The van der Waals surface area contributed by atoms with Gasteiger partial charge in [-0.05, 0) is 36.8 Å². The molecule has 0 radical (unpaired) electrons. The lowest BCUT2D eigenvalue weighted by molar-refractivity contribution is 0.582. The normalized spacial score (nSPS) is 12.3. The first-order valence-electron chi connectivity index (χ1n) is 5.64. The van der Waals surface area contributed by atoms with E-state index < -0.39 is 17.7 Å². The first-order valence-corrected chi connectivity index (χ1v) is 6.43. The van der Waals surface area contributed by atoms with E-state index in [-0.39, 0.29) is 11.5 Å². The van der Waals surface area contributed by atoms with E-state index in [0.29, 0.717) is 10.0 Å². The Bertz CT molecular complexity index is 578. The summed E-state index contributed by atoms with van der Waals surface area (Å²) >= 11 is 3.01. The van der Waals surface area contributed by atoms with Gasteiger partial charge in [0.15, 0.2) is 0 Å². The van der Waals surface area contributed by atoms with Crippen molar-refractivity contribution in [1.82, 2.24) is 0 Å². The summed E-state index contributed by atoms with van der Waals surface area (Å²) in [6.45, 7) is 1.70. The van der Waals surface area contributed by atoms with Crippen LogP contribution in [0.3, 0.4) is 0 Å². The Kier molecular flexibility index (Phi) is 4.14. The molecule has 2 aromatic carbocycles. The Hall–Kier alpha value is -1.49. The Balaban J connectivity index is 2.26. The molecule has 0 heterocycles. The number of anilines is 1. The third-order valence-corrected chi connectivity index (χ3v) is 3.17. The van der Waals surface area contributed by atoms with Crippen LogP contribution < -0.4 is 5.32 Å². The van der Waals surface area contributed by atoms with Crippen LogP contribution in [-0.2, 0) is 0 Å². The van der Waals surface area contributed by atoms with Crippen molar-refractivity contribution in [1.29, 1.82) is 0 Å². The predicted molar refractivity (Wildman–Crippen MR) is 72.5 cm³/mol. The molecule has 0 fully saturated rings. The summed E-state index contributed by atoms with van der Waals surface area (Å²) in [5.41, 5.74) is 0.390. The molecule has 0 bridgehead atoms. The zero-order valence-corrected chi connectivity index (χ0v) is 11.6. The predicted octanol–water partition coefficient (Wildman–Crippen LogP) is 5.04. The van der Waals surface area contributed by atoms with Crippen molar-refractivity contribution in [2.24, 2.45) is 0 Å². The molecule has 1 nitrogen and oxygen atoms in total. The number of halogens is 4. The summed E-state index contributed by atoms with van der Waals surface area (Å²) in [6.07, 6.45) is 0. The first-order chi connectivity index (χ1) is 8.97. The van der Waals surface area contributed by atoms with Crippen LogP contribution in [-0.4, -0.2) is 0 Å². The third-order valence-electron chi connectivity index (χ3n) is 2.72. The smallest absolute Gasteiger partial charge is 0.150 e. The molecule has 1 unspecified atom stereocenters. The van der Waals surface area contributed by atoms with Crippen molar-refractivity contribution in [2.75, 3.05) is 5.32 Å². The molecule has 2 aromatic rings. The second-order valence-electron chi connectivity index (χ2n) is 4.17. The van der Waals surface area contributed by atoms with Gasteiger partial charge in [-0.3, -0.25) is 0 Å². The quantitative estimate of drug-likeness (QED) is 0.831. The van der Waals surface area contributed by atoms with Crippen LogP contribution in [0.15, 0.2) is 40.9 Å². The van der Waals surface area contributed by atoms with Crippen LogP contribution in [0.25, 0.3) is 0 Å². The highest BCUT2D eigenvalue weighted by molar-refractivity contribution is 9.10. The molecule has 0 aliphatic heterocycles. The fourth-order valence-corrected chi connectivity index (χ4v) is 2.16. The number of hydrogen-bond donors (Lipinski definition) is 1. The molecule has 100 valence electrons. The van der Waals surface area contributed by atoms with E-state index in [1.165, 1.54) is 24.3 Å². The molecule has 0 aromatic heterocycles. The first kappa shape index (κ1) is 13.9. The number of hydrogen-bond acceptors (Lipinski definition) is 1. The number of rotatable bonds is 3. The van der Waals surface area contributed by atoms with Gasteiger partial charge in [0.1, 0.15) is 23.1 Å². The van der Waals surface area contributed by atoms with Crippen molar-refractivity contribution in [2.45, 2.75) is 13.0 Å². The molecule has 0 amide bonds. The maximum Gasteiger partial charge on any atom is 0.150 e. The standard InChI is InChI=1S/C14H11BrF3N/c1-8(9-3-2-4-11(16)5-9)19-14-12(17)6-10(15)7-13(14)18/h2-8,19H,1H3. The highest BCUT2D eigenvalue weighted by Crippen LogP contribution is 2.27. The SMILES string of the molecule is CC(Nc1c(F)cc(Br)cc1F)c1cccc(F)c1. The minimum absolute atomic E-state index is 0.222. The zero-order valence-electron chi connectivity index (χ0n) is 10.1. The van der Waals surface area contributed by atoms with Gasteiger partial charge in [-0.1, -0.05) is 28.1 Å². The van der Waals surface area contributed by atoms with Crippen LogP contribution >= 0.6 is 15.9 Å². The van der Waals surface area contributed by atoms with Crippen LogP contribution in [0.4, 0.5) is 18.9 Å². The molecule has 0 saturated carbocycles. The summed E-state index contributed by atoms with van der Waals surface area (Å²) in [5, 5.41) is 2.71. The molecule has 1 atom stereocenters. The summed E-state index contributed by atoms with van der Waals surface area (Å²) in [4.78, 5) is 0. The second kappa shape index (κ2) is 5.65. The number of benzene rings is 2. The van der Waals surface area contributed by atoms with Crippen molar-refractivity contribution < 1.29 is 13.2 Å². The van der Waals surface area contributed by atoms with Crippen LogP contribution in [0.2, 0.25) is 0 Å². The maximum absolute atomic E-state index is 13.7. The minimum Gasteiger partial charge on any atom is -0.374 e. The van der Waals surface area contributed by atoms with Crippen LogP contribution in [0.1, 0.15) is 18.5 Å². The largest absolute Gasteiger partial charge is 0.374 e. The van der Waals surface area contributed by atoms with Gasteiger partial charge in [0.05, 0.1) is 0 Å². The van der Waals surface area contributed by atoms with E-state index >= 15 is 0 Å². The van der Waals surface area contributed by atoms with Gasteiger partial charge in [-0.15, -0.1) is 0 Å². The van der Waals surface area contributed by atoms with Gasteiger partial charge < -0.3 is 5.32 Å². The molecule has 19 heavy (non-hydrogen) atoms. The topological polar surface area (TPSA) is 12.0 Å². The lowest BCUT2D eigenvalue weighted by Crippen LogP contribution is -2.10. The Morgan fingerprint density at radius 3 is 2.26 bits per heavy atom. The van der Waals surface area contributed by atoms with E-state index in [2.05, 4.69) is 21.2 Å². The van der Waals surface area contributed by atoms with Crippen LogP contribution in [0, 0.1) is 17.5 Å². The number of nitrogens with one attached hydrogen (secondary N) is 1. The fourth-order valence-electron chi connectivity index (χ4n) is 1.76. The lowest BCUT2D eigenvalue weighted by atomic mass is 10.1. The van der Waals surface area contributed by atoms with Gasteiger partial charge in [0, 0.05) is 10.5 Å². The van der Waals surface area contributed by atoms with E-state index in [4.69, 9.17) is 0 Å². The molecule has 2 rings (SSSR count). The van der Waals surface area contributed by atoms with Crippen LogP contribution in [0.5, 0.6) is 0 Å². The van der Waals surface area contributed by atoms with Gasteiger partial charge in [0.25, 0.3) is 0 Å². The molecule has 1 N–H and O–H groups in total. The molecule has 0 aliphatic carbocycles. The van der Waals surface area contributed by atoms with Crippen molar-refractivity contribution >= 4 is 21.6 Å². The summed E-state index contributed by atoms with van der Waals surface area (Å²) in [6, 6.07) is 7.81. The summed E-state index contributed by atoms with van der Waals surface area (Å²) in [7, 11) is 0. The Morgan fingerprint density at radius 1 is 1.05 bits per heavy atom. The van der Waals surface area contributed by atoms with Crippen molar-refractivity contribution in [3.63, 3.8) is 0 Å². The zero-order chi connectivity index (χ0) is 14.0. The van der Waals surface area contributed by atoms with E-state index in [0.717, 1.165) is 0 Å². The minimum atomic E-state index is -0.699. The van der Waals surface area contributed by atoms with Gasteiger partial charge in [-0.2, -0.15) is 0 Å². The average Bonchev–Trinajstić information content (AvgIpc) is 2.33. The molecule has 5 heteroatoms. The average molecular weight is 330 g/mol. The molecular weight excluding hydrogens is 319 g/mol. The van der Waals surface area contributed by atoms with E-state index in [9.17, 15) is 13.2 Å². The highest BCUT2D eigenvalue weighted by atomic mass is 79.9. The lowest BCUT2D eigenvalue weighted by Gasteiger charge is -2.17. The molecule has 0 saturated heterocycles. The van der Waals surface area contributed by atoms with Gasteiger partial charge in [-0.25, -0.2) is 13.2 Å². The van der Waals surface area contributed by atoms with E-state index in [1.54, 1.807) is 19.1 Å². The third kappa shape index (κ3) is 3.29. The maximum atomic E-state index is 13.7. The van der Waals surface area contributed by atoms with Crippen molar-refractivity contribution in [3.05, 3.63) is 63.9 Å². The summed E-state index contributed by atoms with van der Waals surface area (Å²) in [5.74, 6) is -1.78. The van der Waals surface area contributed by atoms with Crippen molar-refractivity contribution in [3.8, 4) is 0 Å². The van der Waals surface area contributed by atoms with Gasteiger partial charge in [0.2, 0.25) is 0 Å². The van der Waals surface area contributed by atoms with Gasteiger partial charge >= 0.3 is 0 Å². The second-order valence-corrected chi connectivity index (χ2v) is 5.08. The fraction of sp³-hybridized carbons (Fsp3) is 0.143. The summed E-state index contributed by atoms with van der Waals surface area (Å²) < 4.78 is 40.7. The Morgan fingerprint density at radius 2 is 1.68 bits per heavy atom. The molecular formula is C14H11BrF3N. The molecule has 0 aliphatic rings. The van der Waals surface area contributed by atoms with E-state index in [1.807, 2.05) is 0 Å².